The van der Waals surface area contributed by atoms with E-state index in [2.05, 4.69) is 5.32 Å². The van der Waals surface area contributed by atoms with E-state index < -0.39 is 0 Å². The average molecular weight is 171 g/mol. The molecule has 1 spiro atoms. The van der Waals surface area contributed by atoms with Crippen LogP contribution in [0.3, 0.4) is 0 Å². The first-order chi connectivity index (χ1) is 5.81. The molecular weight excluding hydrogens is 154 g/mol. The highest BCUT2D eigenvalue weighted by Crippen LogP contribution is 2.36. The van der Waals surface area contributed by atoms with Gasteiger partial charge in [0.2, 0.25) is 0 Å². The summed E-state index contributed by atoms with van der Waals surface area (Å²) in [6.07, 6.45) is 3.03. The van der Waals surface area contributed by atoms with Gasteiger partial charge in [0, 0.05) is 0 Å². The van der Waals surface area contributed by atoms with Crippen LogP contribution in [0.4, 0.5) is 0 Å². The van der Waals surface area contributed by atoms with E-state index in [1.807, 2.05) is 0 Å². The molecule has 2 fully saturated rings. The normalized spacial score (nSPS) is 35.2. The average Bonchev–Trinajstić information content (AvgIpc) is 2.05. The first-order valence-electron chi connectivity index (χ1n) is 4.77. The maximum atomic E-state index is 9.48. The number of aliphatic hydroxyl groups is 1. The summed E-state index contributed by atoms with van der Waals surface area (Å²) in [5, 5.41) is 12.8. The molecule has 0 amide bonds. The van der Waals surface area contributed by atoms with Gasteiger partial charge in [0.05, 0.1) is 19.3 Å². The van der Waals surface area contributed by atoms with E-state index >= 15 is 0 Å². The Morgan fingerprint density at radius 3 is 2.75 bits per heavy atom. The van der Waals surface area contributed by atoms with Gasteiger partial charge in [0.25, 0.3) is 0 Å². The number of nitrogens with one attached hydrogen (secondary N) is 1. The molecule has 3 nitrogen and oxygen atoms in total. The largest absolute Gasteiger partial charge is 0.391 e. The van der Waals surface area contributed by atoms with Crippen LogP contribution in [-0.4, -0.2) is 37.5 Å². The number of hydrogen-bond acceptors (Lipinski definition) is 3. The van der Waals surface area contributed by atoms with Gasteiger partial charge in [-0.2, -0.15) is 0 Å². The summed E-state index contributed by atoms with van der Waals surface area (Å²) < 4.78 is 5.40. The molecule has 1 atom stereocenters. The number of hydrogen-bond donors (Lipinski definition) is 2. The van der Waals surface area contributed by atoms with Crippen molar-refractivity contribution in [2.24, 2.45) is 5.41 Å². The van der Waals surface area contributed by atoms with Crippen LogP contribution in [0.25, 0.3) is 0 Å². The van der Waals surface area contributed by atoms with Gasteiger partial charge in [-0.05, 0) is 37.8 Å². The summed E-state index contributed by atoms with van der Waals surface area (Å²) >= 11 is 0. The first kappa shape index (κ1) is 8.48. The molecular formula is C9H17NO2. The van der Waals surface area contributed by atoms with Gasteiger partial charge in [-0.3, -0.25) is 0 Å². The van der Waals surface area contributed by atoms with Crippen molar-refractivity contribution in [1.82, 2.24) is 5.32 Å². The van der Waals surface area contributed by atoms with E-state index in [9.17, 15) is 5.11 Å². The third kappa shape index (κ3) is 1.63. The van der Waals surface area contributed by atoms with E-state index in [-0.39, 0.29) is 6.10 Å². The maximum absolute atomic E-state index is 9.48. The second-order valence-electron chi connectivity index (χ2n) is 4.12. The fourth-order valence-corrected chi connectivity index (χ4v) is 2.33. The molecule has 0 aromatic heterocycles. The summed E-state index contributed by atoms with van der Waals surface area (Å²) in [5.74, 6) is 0. The summed E-state index contributed by atoms with van der Waals surface area (Å²) in [6, 6.07) is 0. The van der Waals surface area contributed by atoms with Gasteiger partial charge < -0.3 is 15.2 Å². The molecule has 2 saturated heterocycles. The van der Waals surface area contributed by atoms with Crippen LogP contribution in [0.5, 0.6) is 0 Å². The molecule has 1 unspecified atom stereocenters. The van der Waals surface area contributed by atoms with Gasteiger partial charge in [-0.1, -0.05) is 0 Å². The van der Waals surface area contributed by atoms with Crippen molar-refractivity contribution >= 4 is 0 Å². The quantitative estimate of drug-likeness (QED) is 0.544. The molecule has 0 aromatic rings. The zero-order valence-corrected chi connectivity index (χ0v) is 7.38. The molecule has 0 radical (unpaired) electrons. The highest BCUT2D eigenvalue weighted by Gasteiger charge is 2.37. The van der Waals surface area contributed by atoms with Gasteiger partial charge in [0.15, 0.2) is 0 Å². The molecule has 2 aliphatic rings. The Labute approximate surface area is 73.1 Å². The van der Waals surface area contributed by atoms with Gasteiger partial charge in [0.1, 0.15) is 0 Å². The van der Waals surface area contributed by atoms with E-state index in [1.54, 1.807) is 0 Å². The second-order valence-corrected chi connectivity index (χ2v) is 4.12. The van der Waals surface area contributed by atoms with Crippen LogP contribution in [-0.2, 0) is 4.74 Å². The standard InChI is InChI=1S/C9H17NO2/c11-8-5-9(7-12-6-8)1-3-10-4-2-9/h8,10-11H,1-7H2. The van der Waals surface area contributed by atoms with E-state index in [0.29, 0.717) is 12.0 Å². The fraction of sp³-hybridized carbons (Fsp3) is 1.00. The summed E-state index contributed by atoms with van der Waals surface area (Å²) in [7, 11) is 0. The minimum atomic E-state index is -0.225. The highest BCUT2D eigenvalue weighted by molar-refractivity contribution is 4.89. The summed E-state index contributed by atoms with van der Waals surface area (Å²) in [6.45, 7) is 3.55. The van der Waals surface area contributed by atoms with Crippen LogP contribution in [0.1, 0.15) is 19.3 Å². The Bertz CT molecular complexity index is 149. The summed E-state index contributed by atoms with van der Waals surface area (Å²) in [4.78, 5) is 0. The van der Waals surface area contributed by atoms with Gasteiger partial charge in [-0.25, -0.2) is 0 Å². The minimum absolute atomic E-state index is 0.225. The van der Waals surface area contributed by atoms with Crippen LogP contribution in [0, 0.1) is 5.41 Å². The molecule has 70 valence electrons. The topological polar surface area (TPSA) is 41.5 Å². The third-order valence-corrected chi connectivity index (χ3v) is 3.05. The SMILES string of the molecule is OC1COCC2(CCNCC2)C1. The molecule has 2 N–H and O–H groups in total. The van der Waals surface area contributed by atoms with E-state index in [0.717, 1.165) is 39.0 Å². The summed E-state index contributed by atoms with van der Waals surface area (Å²) in [5.41, 5.74) is 0.295. The Balaban J connectivity index is 1.97. The van der Waals surface area contributed by atoms with Crippen molar-refractivity contribution < 1.29 is 9.84 Å². The van der Waals surface area contributed by atoms with E-state index in [4.69, 9.17) is 4.74 Å². The highest BCUT2D eigenvalue weighted by atomic mass is 16.5. The first-order valence-corrected chi connectivity index (χ1v) is 4.77. The molecule has 0 aliphatic carbocycles. The zero-order chi connectivity index (χ0) is 8.44. The number of rotatable bonds is 0. The van der Waals surface area contributed by atoms with Crippen molar-refractivity contribution in [2.75, 3.05) is 26.3 Å². The van der Waals surface area contributed by atoms with Crippen LogP contribution < -0.4 is 5.32 Å². The Morgan fingerprint density at radius 1 is 1.33 bits per heavy atom. The molecule has 0 saturated carbocycles. The van der Waals surface area contributed by atoms with Crippen molar-refractivity contribution in [3.05, 3.63) is 0 Å². The lowest BCUT2D eigenvalue weighted by molar-refractivity contribution is -0.0909. The lowest BCUT2D eigenvalue weighted by atomic mass is 9.74. The maximum Gasteiger partial charge on any atom is 0.0779 e. The lowest BCUT2D eigenvalue weighted by Crippen LogP contribution is -2.46. The lowest BCUT2D eigenvalue weighted by Gasteiger charge is -2.42. The number of aliphatic hydroxyl groups excluding tert-OH is 1. The molecule has 2 heterocycles. The minimum Gasteiger partial charge on any atom is -0.391 e. The number of piperidine rings is 1. The molecule has 0 aromatic carbocycles. The van der Waals surface area contributed by atoms with Crippen molar-refractivity contribution in [1.29, 1.82) is 0 Å². The van der Waals surface area contributed by atoms with Gasteiger partial charge in [-0.15, -0.1) is 0 Å². The van der Waals surface area contributed by atoms with E-state index in [1.165, 1.54) is 0 Å². The monoisotopic (exact) mass is 171 g/mol. The Morgan fingerprint density at radius 2 is 2.08 bits per heavy atom. The van der Waals surface area contributed by atoms with Crippen molar-refractivity contribution in [3.8, 4) is 0 Å². The predicted molar refractivity (Wildman–Crippen MR) is 46.0 cm³/mol. The van der Waals surface area contributed by atoms with Gasteiger partial charge >= 0.3 is 0 Å². The molecule has 3 heteroatoms. The smallest absolute Gasteiger partial charge is 0.0779 e. The third-order valence-electron chi connectivity index (χ3n) is 3.05. The van der Waals surface area contributed by atoms with Crippen LogP contribution >= 0.6 is 0 Å². The number of ether oxygens (including phenoxy) is 1. The molecule has 0 bridgehead atoms. The van der Waals surface area contributed by atoms with Crippen molar-refractivity contribution in [3.63, 3.8) is 0 Å². The van der Waals surface area contributed by atoms with Crippen LogP contribution in [0.2, 0.25) is 0 Å². The Hall–Kier alpha value is -0.120. The second kappa shape index (κ2) is 3.32. The predicted octanol–water partition coefficient (Wildman–Crippen LogP) is 0.137. The Kier molecular flexibility index (Phi) is 2.35. The zero-order valence-electron chi connectivity index (χ0n) is 7.38. The molecule has 12 heavy (non-hydrogen) atoms. The fourth-order valence-electron chi connectivity index (χ4n) is 2.33. The molecule has 2 rings (SSSR count). The van der Waals surface area contributed by atoms with Crippen molar-refractivity contribution in [2.45, 2.75) is 25.4 Å². The van der Waals surface area contributed by atoms with Crippen LogP contribution in [0.15, 0.2) is 0 Å². The molecule has 2 aliphatic heterocycles.